The fraction of sp³-hybridized carbons (Fsp3) is 0.500. The van der Waals surface area contributed by atoms with Gasteiger partial charge in [-0.05, 0) is 12.2 Å². The summed E-state index contributed by atoms with van der Waals surface area (Å²) in [6, 6.07) is 0. The van der Waals surface area contributed by atoms with Crippen molar-refractivity contribution in [3.63, 3.8) is 0 Å². The van der Waals surface area contributed by atoms with Crippen LogP contribution in [-0.2, 0) is 33.4 Å². The van der Waals surface area contributed by atoms with Crippen LogP contribution in [0.1, 0.15) is 20.8 Å². The summed E-state index contributed by atoms with van der Waals surface area (Å²) >= 11 is 0. The number of hydrogen-bond donors (Lipinski definition) is 0. The van der Waals surface area contributed by atoms with E-state index in [1.807, 2.05) is 0 Å². The van der Waals surface area contributed by atoms with Crippen molar-refractivity contribution < 1.29 is 33.4 Å². The van der Waals surface area contributed by atoms with Crippen molar-refractivity contribution >= 4 is 23.7 Å². The Morgan fingerprint density at radius 2 is 1.47 bits per heavy atom. The molecular weight excluding hydrogens is 256 g/mol. The Morgan fingerprint density at radius 1 is 0.947 bits per heavy atom. The van der Waals surface area contributed by atoms with Gasteiger partial charge in [-0.3, -0.25) is 19.2 Å². The van der Waals surface area contributed by atoms with Gasteiger partial charge in [-0.25, -0.2) is 0 Å². The highest BCUT2D eigenvalue weighted by Crippen LogP contribution is 2.20. The monoisotopic (exact) mass is 270 g/mol. The summed E-state index contributed by atoms with van der Waals surface area (Å²) < 4.78 is 14.7. The first-order chi connectivity index (χ1) is 8.81. The molecule has 0 aromatic rings. The molecule has 0 amide bonds. The Bertz CT molecular complexity index is 437. The Kier molecular flexibility index (Phi) is 4.80. The topological polar surface area (TPSA) is 96.0 Å². The summed E-state index contributed by atoms with van der Waals surface area (Å²) in [6.07, 6.45) is -1.04. The number of rotatable bonds is 3. The zero-order chi connectivity index (χ0) is 14.6. The van der Waals surface area contributed by atoms with Crippen LogP contribution in [0.15, 0.2) is 12.2 Å². The van der Waals surface area contributed by atoms with E-state index in [1.165, 1.54) is 13.0 Å². The van der Waals surface area contributed by atoms with Gasteiger partial charge >= 0.3 is 17.9 Å². The lowest BCUT2D eigenvalue weighted by Crippen LogP contribution is -2.50. The first-order valence-corrected chi connectivity index (χ1v) is 5.55. The molecule has 0 N–H and O–H groups in total. The van der Waals surface area contributed by atoms with Gasteiger partial charge in [0.2, 0.25) is 6.10 Å². The van der Waals surface area contributed by atoms with Crippen molar-refractivity contribution in [1.82, 2.24) is 0 Å². The fourth-order valence-electron chi connectivity index (χ4n) is 1.65. The molecule has 0 saturated heterocycles. The molecule has 7 nitrogen and oxygen atoms in total. The van der Waals surface area contributed by atoms with Gasteiger partial charge in [0.1, 0.15) is 0 Å². The number of carbonyl (C=O) groups is 4. The third-order valence-corrected chi connectivity index (χ3v) is 2.25. The minimum atomic E-state index is -1.31. The van der Waals surface area contributed by atoms with E-state index in [4.69, 9.17) is 14.2 Å². The highest BCUT2D eigenvalue weighted by atomic mass is 16.6. The lowest BCUT2D eigenvalue weighted by atomic mass is 9.97. The van der Waals surface area contributed by atoms with Gasteiger partial charge in [-0.2, -0.15) is 0 Å². The molecule has 0 radical (unpaired) electrons. The maximum atomic E-state index is 11.7. The van der Waals surface area contributed by atoms with Gasteiger partial charge < -0.3 is 14.2 Å². The highest BCUT2D eigenvalue weighted by Gasteiger charge is 2.42. The molecule has 0 aliphatic heterocycles. The zero-order valence-corrected chi connectivity index (χ0v) is 10.7. The van der Waals surface area contributed by atoms with E-state index in [2.05, 4.69) is 0 Å². The van der Waals surface area contributed by atoms with Crippen molar-refractivity contribution in [3.05, 3.63) is 12.2 Å². The van der Waals surface area contributed by atoms with Crippen molar-refractivity contribution in [1.29, 1.82) is 0 Å². The van der Waals surface area contributed by atoms with Crippen LogP contribution in [0, 0.1) is 0 Å². The molecule has 0 spiro atoms. The smallest absolute Gasteiger partial charge is 0.303 e. The second-order valence-corrected chi connectivity index (χ2v) is 3.94. The number of carbonyl (C=O) groups excluding carboxylic acids is 4. The second kappa shape index (κ2) is 6.12. The zero-order valence-electron chi connectivity index (χ0n) is 10.7. The molecule has 104 valence electrons. The molecule has 1 rings (SSSR count). The molecule has 0 aromatic heterocycles. The Morgan fingerprint density at radius 3 is 1.95 bits per heavy atom. The van der Waals surface area contributed by atoms with Crippen molar-refractivity contribution in [2.45, 2.75) is 39.1 Å². The third-order valence-electron chi connectivity index (χ3n) is 2.25. The van der Waals surface area contributed by atoms with Crippen molar-refractivity contribution in [2.75, 3.05) is 0 Å². The Hall–Kier alpha value is -2.18. The molecule has 19 heavy (non-hydrogen) atoms. The number of ketones is 1. The molecule has 0 aromatic carbocycles. The first-order valence-electron chi connectivity index (χ1n) is 5.55. The van der Waals surface area contributed by atoms with E-state index >= 15 is 0 Å². The number of ether oxygens (including phenoxy) is 3. The summed E-state index contributed by atoms with van der Waals surface area (Å²) in [5.41, 5.74) is 0. The van der Waals surface area contributed by atoms with Gasteiger partial charge in [-0.1, -0.05) is 0 Å². The van der Waals surface area contributed by atoms with Crippen molar-refractivity contribution in [3.8, 4) is 0 Å². The standard InChI is InChI=1S/C12H14O7/c1-6(13)17-10-5-4-9(16)11(18-7(2)14)12(10)19-8(3)15/h4-5,10-12H,1-3H3/t10-,11+,12-/m1/s1. The van der Waals surface area contributed by atoms with E-state index in [9.17, 15) is 19.2 Å². The van der Waals surface area contributed by atoms with E-state index in [0.717, 1.165) is 19.9 Å². The van der Waals surface area contributed by atoms with Crippen molar-refractivity contribution in [2.24, 2.45) is 0 Å². The molecule has 7 heteroatoms. The molecule has 1 aliphatic rings. The van der Waals surface area contributed by atoms with E-state index in [1.54, 1.807) is 0 Å². The largest absolute Gasteiger partial charge is 0.454 e. The highest BCUT2D eigenvalue weighted by molar-refractivity contribution is 5.96. The molecular formula is C12H14O7. The Labute approximate surface area is 109 Å². The first kappa shape index (κ1) is 14.9. The summed E-state index contributed by atoms with van der Waals surface area (Å²) in [4.78, 5) is 44.6. The number of hydrogen-bond acceptors (Lipinski definition) is 7. The van der Waals surface area contributed by atoms with Crippen LogP contribution in [0.5, 0.6) is 0 Å². The SMILES string of the molecule is CC(=O)O[C@@H]1[C@H](OC(C)=O)C=CC(=O)[C@@H]1OC(C)=O. The van der Waals surface area contributed by atoms with Crippen LogP contribution < -0.4 is 0 Å². The van der Waals surface area contributed by atoms with E-state index in [0.29, 0.717) is 0 Å². The maximum absolute atomic E-state index is 11.7. The lowest BCUT2D eigenvalue weighted by Gasteiger charge is -2.31. The quantitative estimate of drug-likeness (QED) is 0.522. The second-order valence-electron chi connectivity index (χ2n) is 3.94. The van der Waals surface area contributed by atoms with Gasteiger partial charge in [0, 0.05) is 20.8 Å². The third kappa shape index (κ3) is 4.20. The molecule has 3 atom stereocenters. The van der Waals surface area contributed by atoms with E-state index in [-0.39, 0.29) is 0 Å². The van der Waals surface area contributed by atoms with Gasteiger partial charge in [0.05, 0.1) is 0 Å². The van der Waals surface area contributed by atoms with Crippen LogP contribution in [-0.4, -0.2) is 42.0 Å². The average Bonchev–Trinajstić information content (AvgIpc) is 2.25. The van der Waals surface area contributed by atoms with Crippen LogP contribution in [0.3, 0.4) is 0 Å². The number of esters is 3. The lowest BCUT2D eigenvalue weighted by molar-refractivity contribution is -0.181. The molecule has 0 saturated carbocycles. The molecule has 0 heterocycles. The normalized spacial score (nSPS) is 25.6. The van der Waals surface area contributed by atoms with Gasteiger partial charge in [0.15, 0.2) is 18.0 Å². The Balaban J connectivity index is 3.00. The summed E-state index contributed by atoms with van der Waals surface area (Å²) in [5.74, 6) is -2.53. The minimum absolute atomic E-state index is 0.537. The fourth-order valence-corrected chi connectivity index (χ4v) is 1.65. The maximum Gasteiger partial charge on any atom is 0.303 e. The average molecular weight is 270 g/mol. The van der Waals surface area contributed by atoms with Crippen LogP contribution in [0.4, 0.5) is 0 Å². The van der Waals surface area contributed by atoms with Crippen LogP contribution in [0.2, 0.25) is 0 Å². The van der Waals surface area contributed by atoms with Gasteiger partial charge in [0.25, 0.3) is 0 Å². The molecule has 0 fully saturated rings. The predicted molar refractivity (Wildman–Crippen MR) is 60.8 cm³/mol. The molecule has 0 unspecified atom stereocenters. The minimum Gasteiger partial charge on any atom is -0.454 e. The van der Waals surface area contributed by atoms with E-state index < -0.39 is 42.0 Å². The molecule has 1 aliphatic carbocycles. The summed E-state index contributed by atoms with van der Waals surface area (Å²) in [6.45, 7) is 3.44. The predicted octanol–water partition coefficient (Wildman–Crippen LogP) is -0.0796. The van der Waals surface area contributed by atoms with Crippen LogP contribution in [0.25, 0.3) is 0 Å². The summed E-state index contributed by atoms with van der Waals surface area (Å²) in [7, 11) is 0. The summed E-state index contributed by atoms with van der Waals surface area (Å²) in [5, 5.41) is 0. The van der Waals surface area contributed by atoms with Gasteiger partial charge in [-0.15, -0.1) is 0 Å². The van der Waals surface area contributed by atoms with Crippen LogP contribution >= 0.6 is 0 Å². The molecule has 0 bridgehead atoms.